The predicted octanol–water partition coefficient (Wildman–Crippen LogP) is 6.98. The molecule has 3 heteroatoms. The van der Waals surface area contributed by atoms with Crippen molar-refractivity contribution in [3.05, 3.63) is 35.1 Å². The zero-order chi connectivity index (χ0) is 20.7. The van der Waals surface area contributed by atoms with Crippen LogP contribution in [0.5, 0.6) is 0 Å². The summed E-state index contributed by atoms with van der Waals surface area (Å²) in [7, 11) is 0. The summed E-state index contributed by atoms with van der Waals surface area (Å²) in [6, 6.07) is 2.06. The third-order valence-electron chi connectivity index (χ3n) is 5.60. The second-order valence-corrected chi connectivity index (χ2v) is 7.30. The van der Waals surface area contributed by atoms with Gasteiger partial charge in [-0.15, -0.1) is 0 Å². The molecule has 0 aliphatic heterocycles. The molecule has 0 nitrogen and oxygen atoms in total. The van der Waals surface area contributed by atoms with Crippen molar-refractivity contribution >= 4 is 0 Å². The predicted molar refractivity (Wildman–Crippen MR) is 91.4 cm³/mol. The van der Waals surface area contributed by atoms with Gasteiger partial charge in [0, 0.05) is 5.48 Å². The van der Waals surface area contributed by atoms with E-state index < -0.39 is 36.1 Å². The smallest absolute Gasteiger partial charge is 0.194 e. The van der Waals surface area contributed by atoms with Crippen LogP contribution in [-0.2, 0) is 0 Å². The first-order chi connectivity index (χ1) is 13.1. The largest absolute Gasteiger partial charge is 0.204 e. The van der Waals surface area contributed by atoms with E-state index in [2.05, 4.69) is 6.92 Å². The Morgan fingerprint density at radius 2 is 1.79 bits per heavy atom. The molecule has 134 valence electrons. The topological polar surface area (TPSA) is 0 Å². The Bertz CT molecular complexity index is 684. The minimum atomic E-state index is -1.60. The van der Waals surface area contributed by atoms with Crippen LogP contribution in [0.3, 0.4) is 0 Å². The van der Waals surface area contributed by atoms with E-state index in [-0.39, 0.29) is 24.2 Å². The van der Waals surface area contributed by atoms with Gasteiger partial charge in [0.15, 0.2) is 17.5 Å². The van der Waals surface area contributed by atoms with Crippen LogP contribution in [0.4, 0.5) is 13.2 Å². The van der Waals surface area contributed by atoms with Crippen LogP contribution in [-0.4, -0.2) is 0 Å². The lowest BCUT2D eigenvalue weighted by atomic mass is 9.63. The molecule has 2 saturated carbocycles. The van der Waals surface area contributed by atoms with Crippen molar-refractivity contribution in [1.82, 2.24) is 0 Å². The van der Waals surface area contributed by atoms with E-state index in [1.165, 1.54) is 0 Å². The van der Waals surface area contributed by atoms with Gasteiger partial charge in [-0.3, -0.25) is 0 Å². The van der Waals surface area contributed by atoms with Gasteiger partial charge < -0.3 is 0 Å². The molecule has 4 unspecified atom stereocenters. The third kappa shape index (κ3) is 3.97. The Labute approximate surface area is 149 Å². The zero-order valence-electron chi connectivity index (χ0n) is 18.3. The fraction of sp³-hybridized carbons (Fsp3) is 0.714. The fourth-order valence-corrected chi connectivity index (χ4v) is 4.22. The summed E-state index contributed by atoms with van der Waals surface area (Å²) in [5.41, 5.74) is 0.390. The quantitative estimate of drug-likeness (QED) is 0.400. The summed E-state index contributed by atoms with van der Waals surface area (Å²) in [5.74, 6) is -5.13. The molecule has 2 aliphatic rings. The van der Waals surface area contributed by atoms with E-state index in [1.807, 2.05) is 0 Å². The molecule has 0 amide bonds. The number of rotatable bonds is 5. The second kappa shape index (κ2) is 7.93. The molecular formula is C21H29F3. The second-order valence-electron chi connectivity index (χ2n) is 7.30. The summed E-state index contributed by atoms with van der Waals surface area (Å²) in [5, 5.41) is 0. The highest BCUT2D eigenvalue weighted by Crippen LogP contribution is 2.48. The van der Waals surface area contributed by atoms with Gasteiger partial charge >= 0.3 is 0 Å². The van der Waals surface area contributed by atoms with E-state index in [0.717, 1.165) is 31.4 Å². The van der Waals surface area contributed by atoms with Crippen LogP contribution in [0.15, 0.2) is 12.1 Å². The van der Waals surface area contributed by atoms with Gasteiger partial charge in [-0.2, -0.15) is 0 Å². The van der Waals surface area contributed by atoms with Crippen LogP contribution < -0.4 is 0 Å². The lowest BCUT2D eigenvalue weighted by molar-refractivity contribution is 0.113. The SMILES string of the molecule is [2H]C1([2H])CC2CC(c3cc(F)c(F)c(F)c3)CCC2C([2H])([2H])C1CCCCC. The normalized spacial score (nSPS) is 36.8. The van der Waals surface area contributed by atoms with Crippen molar-refractivity contribution in [3.63, 3.8) is 0 Å². The fourth-order valence-electron chi connectivity index (χ4n) is 4.22. The molecule has 3 rings (SSSR count). The van der Waals surface area contributed by atoms with Gasteiger partial charge in [0.05, 0.1) is 0 Å². The van der Waals surface area contributed by atoms with Gasteiger partial charge in [-0.25, -0.2) is 13.2 Å². The summed E-state index contributed by atoms with van der Waals surface area (Å²) in [6.07, 6.45) is 2.07. The average molecular weight is 342 g/mol. The van der Waals surface area contributed by atoms with Gasteiger partial charge in [0.2, 0.25) is 0 Å². The molecule has 0 saturated heterocycles. The average Bonchev–Trinajstić information content (AvgIpc) is 2.61. The van der Waals surface area contributed by atoms with Crippen molar-refractivity contribution in [1.29, 1.82) is 0 Å². The number of unbranched alkanes of at least 4 members (excludes halogenated alkanes) is 2. The molecule has 0 bridgehead atoms. The lowest BCUT2D eigenvalue weighted by Gasteiger charge is -2.42. The van der Waals surface area contributed by atoms with E-state index in [1.54, 1.807) is 0 Å². The molecule has 2 fully saturated rings. The molecule has 0 aromatic heterocycles. The van der Waals surface area contributed by atoms with Crippen molar-refractivity contribution in [3.8, 4) is 0 Å². The molecule has 0 radical (unpaired) electrons. The van der Waals surface area contributed by atoms with Crippen LogP contribution in [0.25, 0.3) is 0 Å². The highest BCUT2D eigenvalue weighted by Gasteiger charge is 2.36. The van der Waals surface area contributed by atoms with Crippen LogP contribution in [0, 0.1) is 35.2 Å². The van der Waals surface area contributed by atoms with E-state index in [9.17, 15) is 13.2 Å². The van der Waals surface area contributed by atoms with E-state index >= 15 is 0 Å². The number of hydrogen-bond acceptors (Lipinski definition) is 0. The molecular weight excluding hydrogens is 309 g/mol. The van der Waals surface area contributed by atoms with Crippen molar-refractivity contribution < 1.29 is 18.7 Å². The van der Waals surface area contributed by atoms with Gasteiger partial charge in [0.1, 0.15) is 0 Å². The van der Waals surface area contributed by atoms with E-state index in [4.69, 9.17) is 5.48 Å². The number of benzene rings is 1. The summed E-state index contributed by atoms with van der Waals surface area (Å²) in [4.78, 5) is 0. The van der Waals surface area contributed by atoms with Crippen molar-refractivity contribution in [2.45, 2.75) is 77.0 Å². The Balaban J connectivity index is 1.80. The maximum atomic E-state index is 13.6. The van der Waals surface area contributed by atoms with Crippen LogP contribution >= 0.6 is 0 Å². The first-order valence-corrected chi connectivity index (χ1v) is 9.22. The minimum absolute atomic E-state index is 0.178. The molecule has 0 spiro atoms. The number of fused-ring (bicyclic) bond motifs is 1. The Morgan fingerprint density at radius 1 is 1.04 bits per heavy atom. The van der Waals surface area contributed by atoms with E-state index in [0.29, 0.717) is 31.2 Å². The highest BCUT2D eigenvalue weighted by atomic mass is 19.2. The third-order valence-corrected chi connectivity index (χ3v) is 5.60. The lowest BCUT2D eigenvalue weighted by Crippen LogP contribution is -2.30. The molecule has 24 heavy (non-hydrogen) atoms. The Morgan fingerprint density at radius 3 is 2.50 bits per heavy atom. The first-order valence-electron chi connectivity index (χ1n) is 11.2. The monoisotopic (exact) mass is 342 g/mol. The van der Waals surface area contributed by atoms with Crippen molar-refractivity contribution in [2.24, 2.45) is 17.8 Å². The van der Waals surface area contributed by atoms with Crippen LogP contribution in [0.2, 0.25) is 0 Å². The molecule has 1 aromatic carbocycles. The number of hydrogen-bond donors (Lipinski definition) is 0. The summed E-state index contributed by atoms with van der Waals surface area (Å²) in [6.45, 7) is 2.07. The molecule has 4 atom stereocenters. The maximum absolute atomic E-state index is 13.6. The summed E-state index contributed by atoms with van der Waals surface area (Å²) < 4.78 is 75.0. The minimum Gasteiger partial charge on any atom is -0.204 e. The molecule has 0 heterocycles. The molecule has 2 aliphatic carbocycles. The maximum Gasteiger partial charge on any atom is 0.194 e. The Hall–Kier alpha value is -0.990. The molecule has 0 N–H and O–H groups in total. The standard InChI is InChI=1S/C21H29F3/c1-2-3-4-5-14-6-7-16-11-17(9-8-15(16)10-14)18-12-19(22)21(24)20(23)13-18/h12-17H,2-11H2,1H3/i6D2,10D2. The first kappa shape index (κ1) is 13.2. The summed E-state index contributed by atoms with van der Waals surface area (Å²) >= 11 is 0. The van der Waals surface area contributed by atoms with Gasteiger partial charge in [-0.1, -0.05) is 39.0 Å². The number of halogens is 3. The Kier molecular flexibility index (Phi) is 4.37. The zero-order valence-corrected chi connectivity index (χ0v) is 14.3. The van der Waals surface area contributed by atoms with Gasteiger partial charge in [0.25, 0.3) is 0 Å². The van der Waals surface area contributed by atoms with Crippen molar-refractivity contribution in [2.75, 3.05) is 0 Å². The highest BCUT2D eigenvalue weighted by molar-refractivity contribution is 5.24. The molecule has 1 aromatic rings. The van der Waals surface area contributed by atoms with Crippen LogP contribution in [0.1, 0.15) is 88.0 Å². The van der Waals surface area contributed by atoms with Gasteiger partial charge in [-0.05, 0) is 73.4 Å².